The Labute approximate surface area is 201 Å². The van der Waals surface area contributed by atoms with Gasteiger partial charge in [0, 0.05) is 17.3 Å². The number of thioether (sulfide) groups is 1. The Hall–Kier alpha value is -4.11. The third-order valence-electron chi connectivity index (χ3n) is 4.67. The minimum absolute atomic E-state index is 0.0915. The van der Waals surface area contributed by atoms with E-state index in [9.17, 15) is 4.79 Å². The van der Waals surface area contributed by atoms with Crippen LogP contribution in [-0.2, 0) is 9.53 Å². The van der Waals surface area contributed by atoms with Crippen molar-refractivity contribution in [3.63, 3.8) is 0 Å². The van der Waals surface area contributed by atoms with E-state index >= 15 is 0 Å². The van der Waals surface area contributed by atoms with E-state index in [0.29, 0.717) is 22.4 Å². The predicted octanol–water partition coefficient (Wildman–Crippen LogP) is 5.02. The number of ether oxygens (including phenoxy) is 2. The summed E-state index contributed by atoms with van der Waals surface area (Å²) in [6, 6.07) is 26.7. The van der Waals surface area contributed by atoms with Gasteiger partial charge >= 0.3 is 5.97 Å². The summed E-state index contributed by atoms with van der Waals surface area (Å²) in [4.78, 5) is 12.7. The van der Waals surface area contributed by atoms with E-state index in [1.165, 1.54) is 0 Å². The highest BCUT2D eigenvalue weighted by Gasteiger charge is 2.22. The van der Waals surface area contributed by atoms with Crippen molar-refractivity contribution >= 4 is 28.5 Å². The number of hydrogen-bond acceptors (Lipinski definition) is 8. The van der Waals surface area contributed by atoms with Crippen LogP contribution in [0.1, 0.15) is 6.92 Å². The topological polar surface area (TPSA) is 90.6 Å². The van der Waals surface area contributed by atoms with Crippen LogP contribution in [0.4, 0.5) is 5.69 Å². The molecule has 0 aliphatic rings. The molecule has 1 aromatic heterocycles. The van der Waals surface area contributed by atoms with Gasteiger partial charge in [-0.25, -0.2) is 4.79 Å². The monoisotopic (exact) mass is 473 g/mol. The van der Waals surface area contributed by atoms with Crippen molar-refractivity contribution in [2.24, 2.45) is 5.10 Å². The standard InChI is InChI=1S/C25H23N5O3S/c1-3-33-24(31)23(28-26-19-13-10-16-21(17-19)32-2)34-25-29-27-22(18-11-6-4-7-12-18)30(25)20-14-8-5-9-15-20/h4-17,26H,3H2,1-2H3/b28-23+. The van der Waals surface area contributed by atoms with E-state index in [1.807, 2.05) is 83.4 Å². The second-order valence-electron chi connectivity index (χ2n) is 6.93. The first-order valence-electron chi connectivity index (χ1n) is 10.6. The summed E-state index contributed by atoms with van der Waals surface area (Å²) in [6.07, 6.45) is 0. The highest BCUT2D eigenvalue weighted by atomic mass is 32.2. The Morgan fingerprint density at radius 3 is 2.44 bits per heavy atom. The molecule has 0 fully saturated rings. The molecule has 0 aliphatic heterocycles. The summed E-state index contributed by atoms with van der Waals surface area (Å²) in [7, 11) is 1.59. The third-order valence-corrected chi connectivity index (χ3v) is 5.57. The molecule has 4 rings (SSSR count). The predicted molar refractivity (Wildman–Crippen MR) is 133 cm³/mol. The second-order valence-corrected chi connectivity index (χ2v) is 7.88. The van der Waals surface area contributed by atoms with E-state index in [1.54, 1.807) is 20.1 Å². The minimum Gasteiger partial charge on any atom is -0.497 e. The molecule has 9 heteroatoms. The molecule has 34 heavy (non-hydrogen) atoms. The zero-order valence-electron chi connectivity index (χ0n) is 18.7. The van der Waals surface area contributed by atoms with Gasteiger partial charge in [-0.1, -0.05) is 54.6 Å². The molecule has 3 aromatic carbocycles. The van der Waals surface area contributed by atoms with Gasteiger partial charge in [-0.3, -0.25) is 9.99 Å². The van der Waals surface area contributed by atoms with Gasteiger partial charge < -0.3 is 9.47 Å². The molecular weight excluding hydrogens is 450 g/mol. The summed E-state index contributed by atoms with van der Waals surface area (Å²) in [5.74, 6) is 0.756. The van der Waals surface area contributed by atoms with E-state index in [4.69, 9.17) is 9.47 Å². The summed E-state index contributed by atoms with van der Waals surface area (Å²) >= 11 is 1.07. The van der Waals surface area contributed by atoms with Crippen LogP contribution < -0.4 is 10.2 Å². The molecule has 0 radical (unpaired) electrons. The SMILES string of the molecule is CCOC(=O)/C(=N\Nc1cccc(OC)c1)Sc1nnc(-c2ccccc2)n1-c1ccccc1. The Morgan fingerprint density at radius 1 is 1.00 bits per heavy atom. The van der Waals surface area contributed by atoms with Crippen LogP contribution >= 0.6 is 11.8 Å². The fourth-order valence-corrected chi connectivity index (χ4v) is 3.89. The van der Waals surface area contributed by atoms with Crippen molar-refractivity contribution in [1.29, 1.82) is 0 Å². The molecular formula is C25H23N5O3S. The maximum atomic E-state index is 12.7. The number of hydrazone groups is 1. The number of esters is 1. The lowest BCUT2D eigenvalue weighted by atomic mass is 10.2. The van der Waals surface area contributed by atoms with Crippen LogP contribution in [-0.4, -0.2) is 39.5 Å². The number of rotatable bonds is 7. The number of nitrogens with zero attached hydrogens (tertiary/aromatic N) is 4. The number of anilines is 1. The Kier molecular flexibility index (Phi) is 7.56. The normalized spacial score (nSPS) is 11.2. The largest absolute Gasteiger partial charge is 0.497 e. The average molecular weight is 474 g/mol. The van der Waals surface area contributed by atoms with E-state index < -0.39 is 5.97 Å². The van der Waals surface area contributed by atoms with Gasteiger partial charge in [0.25, 0.3) is 0 Å². The zero-order valence-corrected chi connectivity index (χ0v) is 19.5. The van der Waals surface area contributed by atoms with Crippen LogP contribution in [0.3, 0.4) is 0 Å². The van der Waals surface area contributed by atoms with Crippen molar-refractivity contribution in [2.45, 2.75) is 12.1 Å². The first-order chi connectivity index (χ1) is 16.7. The molecule has 1 N–H and O–H groups in total. The number of benzene rings is 3. The zero-order chi connectivity index (χ0) is 23.8. The molecule has 8 nitrogen and oxygen atoms in total. The van der Waals surface area contributed by atoms with Gasteiger partial charge in [-0.2, -0.15) is 5.10 Å². The minimum atomic E-state index is -0.563. The smallest absolute Gasteiger partial charge is 0.365 e. The van der Waals surface area contributed by atoms with Gasteiger partial charge in [-0.15, -0.1) is 10.2 Å². The second kappa shape index (κ2) is 11.2. The number of carbonyl (C=O) groups excluding carboxylic acids is 1. The van der Waals surface area contributed by atoms with Crippen molar-refractivity contribution in [3.8, 4) is 22.8 Å². The van der Waals surface area contributed by atoms with Gasteiger partial charge in [0.05, 0.1) is 19.4 Å². The van der Waals surface area contributed by atoms with Gasteiger partial charge in [0.15, 0.2) is 5.82 Å². The fraction of sp³-hybridized carbons (Fsp3) is 0.120. The van der Waals surface area contributed by atoms with Crippen molar-refractivity contribution in [2.75, 3.05) is 19.1 Å². The maximum Gasteiger partial charge on any atom is 0.365 e. The van der Waals surface area contributed by atoms with Crippen molar-refractivity contribution in [3.05, 3.63) is 84.9 Å². The molecule has 0 aliphatic carbocycles. The lowest BCUT2D eigenvalue weighted by Crippen LogP contribution is -2.17. The van der Waals surface area contributed by atoms with Crippen LogP contribution in [0.2, 0.25) is 0 Å². The Morgan fingerprint density at radius 2 is 1.74 bits per heavy atom. The number of aromatic nitrogens is 3. The first-order valence-corrected chi connectivity index (χ1v) is 11.4. The molecule has 172 valence electrons. The van der Waals surface area contributed by atoms with Crippen molar-refractivity contribution < 1.29 is 14.3 Å². The molecule has 0 saturated carbocycles. The van der Waals surface area contributed by atoms with Crippen LogP contribution in [0.15, 0.2) is 95.2 Å². The first kappa shape index (κ1) is 23.1. The molecule has 1 heterocycles. The molecule has 0 saturated heterocycles. The number of hydrogen-bond donors (Lipinski definition) is 1. The Balaban J connectivity index is 1.72. The van der Waals surface area contributed by atoms with E-state index in [2.05, 4.69) is 20.7 Å². The molecule has 4 aromatic rings. The molecule has 0 atom stereocenters. The van der Waals surface area contributed by atoms with Crippen LogP contribution in [0.5, 0.6) is 5.75 Å². The summed E-state index contributed by atoms with van der Waals surface area (Å²) in [6.45, 7) is 1.97. The van der Waals surface area contributed by atoms with E-state index in [0.717, 1.165) is 23.0 Å². The molecule has 0 bridgehead atoms. The number of methoxy groups -OCH3 is 1. The molecule has 0 unspecified atom stereocenters. The quantitative estimate of drug-likeness (QED) is 0.132. The van der Waals surface area contributed by atoms with Crippen LogP contribution in [0.25, 0.3) is 17.1 Å². The average Bonchev–Trinajstić information content (AvgIpc) is 3.31. The highest BCUT2D eigenvalue weighted by molar-refractivity contribution is 8.15. The highest BCUT2D eigenvalue weighted by Crippen LogP contribution is 2.29. The van der Waals surface area contributed by atoms with Crippen molar-refractivity contribution in [1.82, 2.24) is 14.8 Å². The third kappa shape index (κ3) is 5.44. The van der Waals surface area contributed by atoms with Crippen LogP contribution in [0, 0.1) is 0 Å². The Bertz CT molecular complexity index is 1280. The van der Waals surface area contributed by atoms with Gasteiger partial charge in [-0.05, 0) is 43.0 Å². The number of nitrogens with one attached hydrogen (secondary N) is 1. The fourth-order valence-electron chi connectivity index (χ4n) is 3.12. The number of para-hydroxylation sites is 1. The van der Waals surface area contributed by atoms with Gasteiger partial charge in [0.2, 0.25) is 10.2 Å². The summed E-state index contributed by atoms with van der Waals surface area (Å²) < 4.78 is 12.4. The lowest BCUT2D eigenvalue weighted by molar-refractivity contribution is -0.134. The number of carbonyl (C=O) groups is 1. The summed E-state index contributed by atoms with van der Waals surface area (Å²) in [5, 5.41) is 13.7. The summed E-state index contributed by atoms with van der Waals surface area (Å²) in [5.41, 5.74) is 5.33. The molecule has 0 amide bonds. The lowest BCUT2D eigenvalue weighted by Gasteiger charge is -2.11. The maximum absolute atomic E-state index is 12.7. The van der Waals surface area contributed by atoms with E-state index in [-0.39, 0.29) is 11.7 Å². The molecule has 0 spiro atoms. The van der Waals surface area contributed by atoms with Gasteiger partial charge in [0.1, 0.15) is 5.75 Å².